The maximum absolute atomic E-state index is 10.6. The third kappa shape index (κ3) is 7.82. The molecule has 5 nitrogen and oxygen atoms in total. The molecule has 24 heavy (non-hydrogen) atoms. The molecule has 0 radical (unpaired) electrons. The van der Waals surface area contributed by atoms with Gasteiger partial charge in [-0.25, -0.2) is 0 Å². The van der Waals surface area contributed by atoms with Crippen LogP contribution >= 0.6 is 22.6 Å². The Morgan fingerprint density at radius 2 is 1.12 bits per heavy atom. The Labute approximate surface area is 164 Å². The van der Waals surface area contributed by atoms with E-state index < -0.39 is 37.3 Å². The minimum absolute atomic E-state index is 0.185. The molecular formula is C15H35IO5Si3. The first kappa shape index (κ1) is 23.2. The lowest BCUT2D eigenvalue weighted by molar-refractivity contribution is -0.264. The van der Waals surface area contributed by atoms with Gasteiger partial charge in [0.25, 0.3) is 0 Å². The second-order valence-electron chi connectivity index (χ2n) is 9.30. The van der Waals surface area contributed by atoms with Crippen molar-refractivity contribution in [3.8, 4) is 0 Å². The molecule has 1 fully saturated rings. The molecule has 1 aliphatic rings. The average molecular weight is 507 g/mol. The predicted molar refractivity (Wildman–Crippen MR) is 114 cm³/mol. The van der Waals surface area contributed by atoms with Crippen LogP contribution in [-0.4, -0.2) is 65.2 Å². The van der Waals surface area contributed by atoms with E-state index in [4.69, 9.17) is 18.0 Å². The molecule has 1 rings (SSSR count). The minimum atomic E-state index is -1.87. The minimum Gasteiger partial charge on any atom is -0.409 e. The topological polar surface area (TPSA) is 57.2 Å². The van der Waals surface area contributed by atoms with Gasteiger partial charge in [-0.2, -0.15) is 0 Å². The summed E-state index contributed by atoms with van der Waals surface area (Å²) in [6.45, 7) is 19.3. The van der Waals surface area contributed by atoms with Crippen LogP contribution < -0.4 is 0 Å². The van der Waals surface area contributed by atoms with Crippen LogP contribution in [0.15, 0.2) is 0 Å². The summed E-state index contributed by atoms with van der Waals surface area (Å²) in [6, 6.07) is 0. The highest BCUT2D eigenvalue weighted by Gasteiger charge is 2.50. The number of alkyl halides is 1. The molecule has 1 saturated heterocycles. The van der Waals surface area contributed by atoms with E-state index in [1.165, 1.54) is 0 Å². The lowest BCUT2D eigenvalue weighted by atomic mass is 10.0. The molecule has 1 N–H and O–H groups in total. The second-order valence-corrected chi connectivity index (χ2v) is 23.6. The zero-order chi connectivity index (χ0) is 18.9. The third-order valence-corrected chi connectivity index (χ3v) is 7.04. The van der Waals surface area contributed by atoms with E-state index in [2.05, 4.69) is 81.5 Å². The molecule has 0 aliphatic carbocycles. The summed E-state index contributed by atoms with van der Waals surface area (Å²) in [4.78, 5) is 0. The van der Waals surface area contributed by atoms with Crippen molar-refractivity contribution in [3.05, 3.63) is 0 Å². The van der Waals surface area contributed by atoms with E-state index in [1.807, 2.05) is 0 Å². The van der Waals surface area contributed by atoms with Gasteiger partial charge in [0.1, 0.15) is 12.2 Å². The van der Waals surface area contributed by atoms with Gasteiger partial charge in [-0.1, -0.05) is 22.6 Å². The quantitative estimate of drug-likeness (QED) is 0.324. The Morgan fingerprint density at radius 3 is 1.50 bits per heavy atom. The third-order valence-electron chi connectivity index (χ3n) is 3.23. The number of hydrogen-bond acceptors (Lipinski definition) is 5. The molecule has 0 spiro atoms. The zero-order valence-electron chi connectivity index (χ0n) is 16.6. The van der Waals surface area contributed by atoms with Crippen molar-refractivity contribution in [1.82, 2.24) is 0 Å². The van der Waals surface area contributed by atoms with Crippen molar-refractivity contribution in [3.63, 3.8) is 0 Å². The highest BCUT2D eigenvalue weighted by molar-refractivity contribution is 14.1. The smallest absolute Gasteiger partial charge is 0.184 e. The van der Waals surface area contributed by atoms with Crippen molar-refractivity contribution in [1.29, 1.82) is 0 Å². The molecule has 0 bridgehead atoms. The Hall–Kier alpha value is 1.18. The maximum Gasteiger partial charge on any atom is 0.184 e. The van der Waals surface area contributed by atoms with Crippen molar-refractivity contribution < 1.29 is 23.1 Å². The Morgan fingerprint density at radius 1 is 0.750 bits per heavy atom. The molecule has 1 aliphatic heterocycles. The molecule has 0 unspecified atom stereocenters. The Balaban J connectivity index is 3.20. The van der Waals surface area contributed by atoms with Gasteiger partial charge in [0, 0.05) is 4.43 Å². The first-order valence-corrected chi connectivity index (χ1v) is 20.3. The molecular weight excluding hydrogens is 471 g/mol. The van der Waals surface area contributed by atoms with Crippen LogP contribution in [0.1, 0.15) is 0 Å². The molecule has 0 saturated carbocycles. The highest BCUT2D eigenvalue weighted by atomic mass is 127. The summed E-state index contributed by atoms with van der Waals surface area (Å²) in [5.74, 6) is 0. The van der Waals surface area contributed by atoms with Crippen LogP contribution in [0, 0.1) is 0 Å². The number of hydrogen-bond donors (Lipinski definition) is 1. The largest absolute Gasteiger partial charge is 0.409 e. The van der Waals surface area contributed by atoms with Crippen molar-refractivity contribution >= 4 is 47.5 Å². The van der Waals surface area contributed by atoms with Gasteiger partial charge in [0.2, 0.25) is 0 Å². The average Bonchev–Trinajstić information content (AvgIpc) is 2.32. The Kier molecular flexibility index (Phi) is 8.19. The van der Waals surface area contributed by atoms with Gasteiger partial charge in [0.15, 0.2) is 31.2 Å². The molecule has 0 aromatic heterocycles. The van der Waals surface area contributed by atoms with Gasteiger partial charge >= 0.3 is 0 Å². The van der Waals surface area contributed by atoms with E-state index in [0.29, 0.717) is 0 Å². The lowest BCUT2D eigenvalue weighted by Gasteiger charge is -2.49. The molecule has 144 valence electrons. The highest BCUT2D eigenvalue weighted by Crippen LogP contribution is 2.33. The van der Waals surface area contributed by atoms with Gasteiger partial charge in [-0.05, 0) is 58.9 Å². The fourth-order valence-electron chi connectivity index (χ4n) is 2.65. The second kappa shape index (κ2) is 8.46. The summed E-state index contributed by atoms with van der Waals surface area (Å²) in [6.07, 6.45) is -2.15. The SMILES string of the molecule is C[Si](C)(C)O[C@@H]1[C@H](O[Si](C)(C)C)[C@@H](O)O[C@H](CI)[C@H]1O[Si](C)(C)C. The summed E-state index contributed by atoms with van der Waals surface area (Å²) < 4.78 is 25.9. The summed E-state index contributed by atoms with van der Waals surface area (Å²) in [7, 11) is -5.53. The molecule has 0 aromatic rings. The molecule has 9 heteroatoms. The van der Waals surface area contributed by atoms with Crippen LogP contribution in [0.5, 0.6) is 0 Å². The van der Waals surface area contributed by atoms with Gasteiger partial charge in [0.05, 0.1) is 12.2 Å². The van der Waals surface area contributed by atoms with Crippen LogP contribution in [0.2, 0.25) is 58.9 Å². The maximum atomic E-state index is 10.6. The summed E-state index contributed by atoms with van der Waals surface area (Å²) >= 11 is 2.29. The van der Waals surface area contributed by atoms with Crippen LogP contribution in [0.4, 0.5) is 0 Å². The number of aliphatic hydroxyl groups is 1. The van der Waals surface area contributed by atoms with E-state index >= 15 is 0 Å². The number of halogens is 1. The van der Waals surface area contributed by atoms with Crippen LogP contribution in [-0.2, 0) is 18.0 Å². The van der Waals surface area contributed by atoms with Crippen molar-refractivity contribution in [2.75, 3.05) is 4.43 Å². The summed E-state index contributed by atoms with van der Waals surface area (Å²) in [5.41, 5.74) is 0. The Bertz CT molecular complexity index is 405. The number of rotatable bonds is 7. The summed E-state index contributed by atoms with van der Waals surface area (Å²) in [5, 5.41) is 10.6. The molecule has 0 amide bonds. The van der Waals surface area contributed by atoms with E-state index in [9.17, 15) is 5.11 Å². The fraction of sp³-hybridized carbons (Fsp3) is 1.00. The monoisotopic (exact) mass is 506 g/mol. The first-order chi connectivity index (χ1) is 10.6. The molecule has 5 atom stereocenters. The van der Waals surface area contributed by atoms with Crippen molar-refractivity contribution in [2.45, 2.75) is 89.6 Å². The number of aliphatic hydroxyl groups excluding tert-OH is 1. The first-order valence-electron chi connectivity index (χ1n) is 8.56. The van der Waals surface area contributed by atoms with Crippen LogP contribution in [0.3, 0.4) is 0 Å². The van der Waals surface area contributed by atoms with Gasteiger partial charge < -0.3 is 23.1 Å². The van der Waals surface area contributed by atoms with Gasteiger partial charge in [-0.3, -0.25) is 0 Å². The lowest BCUT2D eigenvalue weighted by Crippen LogP contribution is -2.65. The standard InChI is InChI=1S/C15H35IO5Si3/c1-22(2,3)19-12-11(10-16)18-15(17)14(21-24(7,8)9)13(12)20-23(4,5)6/h11-15,17H,10H2,1-9H3/t11-,12-,13+,14+,15+/m1/s1. The molecule has 0 aromatic carbocycles. The molecule has 1 heterocycles. The van der Waals surface area contributed by atoms with Crippen molar-refractivity contribution in [2.24, 2.45) is 0 Å². The predicted octanol–water partition coefficient (Wildman–Crippen LogP) is 3.80. The fourth-order valence-corrected chi connectivity index (χ4v) is 6.61. The zero-order valence-corrected chi connectivity index (χ0v) is 21.7. The van der Waals surface area contributed by atoms with Crippen LogP contribution in [0.25, 0.3) is 0 Å². The number of ether oxygens (including phenoxy) is 1. The van der Waals surface area contributed by atoms with E-state index in [1.54, 1.807) is 0 Å². The van der Waals surface area contributed by atoms with E-state index in [-0.39, 0.29) is 18.3 Å². The van der Waals surface area contributed by atoms with E-state index in [0.717, 1.165) is 4.43 Å². The normalized spacial score (nSPS) is 32.9. The van der Waals surface area contributed by atoms with Gasteiger partial charge in [-0.15, -0.1) is 0 Å².